The van der Waals surface area contributed by atoms with Crippen molar-refractivity contribution >= 4 is 11.9 Å². The molecule has 45 heavy (non-hydrogen) atoms. The number of carboxylic acid groups (broad SMARTS) is 2. The van der Waals surface area contributed by atoms with E-state index in [2.05, 4.69) is 38.2 Å². The molecule has 0 N–H and O–H groups in total. The van der Waals surface area contributed by atoms with Crippen LogP contribution in [0.4, 0.5) is 0 Å². The van der Waals surface area contributed by atoms with Gasteiger partial charge in [-0.15, -0.1) is 0 Å². The molecule has 0 atom stereocenters. The maximum absolute atomic E-state index is 10.2. The number of unbranched alkanes of at least 4 members (excludes halogenated alkanes) is 26. The van der Waals surface area contributed by atoms with Crippen molar-refractivity contribution in [3.05, 3.63) is 24.3 Å². The summed E-state index contributed by atoms with van der Waals surface area (Å²) in [6, 6.07) is 0. The van der Waals surface area contributed by atoms with Crippen molar-refractivity contribution in [2.24, 2.45) is 0 Å². The molecule has 0 heterocycles. The number of hydrogen-bond donors (Lipinski definition) is 0. The Morgan fingerprint density at radius 2 is 0.556 bits per heavy atom. The van der Waals surface area contributed by atoms with Crippen molar-refractivity contribution in [1.82, 2.24) is 0 Å². The van der Waals surface area contributed by atoms with E-state index < -0.39 is 11.9 Å². The quantitative estimate of drug-likeness (QED) is 0.0384. The Morgan fingerprint density at radius 1 is 0.356 bits per heavy atom. The first-order chi connectivity index (χ1) is 21.5. The Balaban J connectivity index is -0.000000767. The number of carbonyl (C=O) groups is 2. The van der Waals surface area contributed by atoms with E-state index >= 15 is 0 Å². The molecule has 0 saturated heterocycles. The Morgan fingerprint density at radius 3 is 0.778 bits per heavy atom. The Labute approximate surface area is 293 Å². The van der Waals surface area contributed by atoms with Gasteiger partial charge in [-0.2, -0.15) is 0 Å². The van der Waals surface area contributed by atoms with Gasteiger partial charge in [-0.1, -0.05) is 167 Å². The van der Waals surface area contributed by atoms with E-state index in [0.717, 1.165) is 25.7 Å². The largest absolute Gasteiger partial charge is 2.00 e. The van der Waals surface area contributed by atoms with E-state index in [1.54, 1.807) is 0 Å². The normalized spacial score (nSPS) is 11.1. The van der Waals surface area contributed by atoms with Crippen LogP contribution in [0.1, 0.15) is 219 Å². The van der Waals surface area contributed by atoms with Crippen LogP contribution in [0.5, 0.6) is 0 Å². The first kappa shape index (κ1) is 48.4. The first-order valence-corrected chi connectivity index (χ1v) is 19.2. The number of allylic oxidation sites excluding steroid dienone is 4. The van der Waals surface area contributed by atoms with Gasteiger partial charge in [0.1, 0.15) is 0 Å². The van der Waals surface area contributed by atoms with Gasteiger partial charge in [0.2, 0.25) is 0 Å². The summed E-state index contributed by atoms with van der Waals surface area (Å²) in [7, 11) is 0. The zero-order chi connectivity index (χ0) is 32.6. The van der Waals surface area contributed by atoms with Crippen LogP contribution in [0.3, 0.4) is 0 Å². The summed E-state index contributed by atoms with van der Waals surface area (Å²) in [5.74, 6) is -1.82. The average molecular weight is 684 g/mol. The van der Waals surface area contributed by atoms with E-state index in [9.17, 15) is 19.8 Å². The molecule has 0 rings (SSSR count). The second-order valence-corrected chi connectivity index (χ2v) is 12.8. The third kappa shape index (κ3) is 52.8. The molecule has 0 aromatic carbocycles. The fourth-order valence-corrected chi connectivity index (χ4v) is 5.39. The van der Waals surface area contributed by atoms with Gasteiger partial charge in [-0.25, -0.2) is 0 Å². The molecule has 0 fully saturated rings. The van der Waals surface area contributed by atoms with Crippen LogP contribution >= 0.6 is 0 Å². The number of rotatable bonds is 34. The van der Waals surface area contributed by atoms with Gasteiger partial charge in [0, 0.05) is 11.9 Å². The van der Waals surface area contributed by atoms with Gasteiger partial charge in [-0.05, 0) is 77.0 Å². The van der Waals surface area contributed by atoms with Gasteiger partial charge >= 0.3 is 19.5 Å². The predicted molar refractivity (Wildman–Crippen MR) is 187 cm³/mol. The number of carboxylic acids is 2. The van der Waals surface area contributed by atoms with Gasteiger partial charge in [0.05, 0.1) is 0 Å². The van der Waals surface area contributed by atoms with Crippen molar-refractivity contribution in [3.63, 3.8) is 0 Å². The number of hydrogen-bond acceptors (Lipinski definition) is 4. The van der Waals surface area contributed by atoms with Gasteiger partial charge in [0.15, 0.2) is 0 Å². The molecule has 0 aliphatic heterocycles. The van der Waals surface area contributed by atoms with Crippen LogP contribution < -0.4 is 10.2 Å². The van der Waals surface area contributed by atoms with Crippen molar-refractivity contribution in [2.75, 3.05) is 0 Å². The molecular weight excluding hydrogens is 610 g/mol. The molecule has 0 unspecified atom stereocenters. The van der Waals surface area contributed by atoms with Gasteiger partial charge < -0.3 is 19.8 Å². The first-order valence-electron chi connectivity index (χ1n) is 19.2. The minimum absolute atomic E-state index is 0. The predicted octanol–water partition coefficient (Wildman–Crippen LogP) is 11.1. The van der Waals surface area contributed by atoms with Crippen LogP contribution in [-0.2, 0) is 29.1 Å². The molecule has 0 aromatic heterocycles. The summed E-state index contributed by atoms with van der Waals surface area (Å²) in [6.45, 7) is 4.53. The molecule has 0 saturated carbocycles. The SMILES string of the molecule is CCCCCCCC/C=C\CCCCCCCCCC(=O)[O-].CCCCCCCC/C=C\CCCCCCCCCC(=O)[O-].[Zn+2]. The van der Waals surface area contributed by atoms with E-state index in [4.69, 9.17) is 0 Å². The maximum Gasteiger partial charge on any atom is 2.00 e. The molecule has 0 radical (unpaired) electrons. The third-order valence-corrected chi connectivity index (χ3v) is 8.29. The summed E-state index contributed by atoms with van der Waals surface area (Å²) in [6.07, 6.45) is 47.7. The molecular formula is C40H74O4Zn. The number of carbonyl (C=O) groups excluding carboxylic acids is 2. The van der Waals surface area contributed by atoms with Gasteiger partial charge in [-0.3, -0.25) is 0 Å². The maximum atomic E-state index is 10.2. The molecule has 4 nitrogen and oxygen atoms in total. The fourth-order valence-electron chi connectivity index (χ4n) is 5.39. The molecule has 0 bridgehead atoms. The molecule has 0 aliphatic carbocycles. The summed E-state index contributed by atoms with van der Waals surface area (Å²) < 4.78 is 0. The zero-order valence-electron chi connectivity index (χ0n) is 30.3. The van der Waals surface area contributed by atoms with E-state index in [0.29, 0.717) is 0 Å². The van der Waals surface area contributed by atoms with E-state index in [-0.39, 0.29) is 32.3 Å². The van der Waals surface area contributed by atoms with Crippen molar-refractivity contribution in [3.8, 4) is 0 Å². The summed E-state index contributed by atoms with van der Waals surface area (Å²) in [5, 5.41) is 20.5. The molecule has 260 valence electrons. The van der Waals surface area contributed by atoms with Crippen LogP contribution in [0.25, 0.3) is 0 Å². The summed E-state index contributed by atoms with van der Waals surface area (Å²) in [5.41, 5.74) is 0. The summed E-state index contributed by atoms with van der Waals surface area (Å²) in [4.78, 5) is 20.5. The minimum Gasteiger partial charge on any atom is -0.550 e. The molecule has 0 aromatic rings. The Kier molecular flexibility index (Phi) is 48.6. The standard InChI is InChI=1S/2C20H38O2.Zn/c2*1-2-3-4-5-6-7-8-9-10-11-12-13-14-15-16-17-18-19-20(21)22;/h2*9-10H,2-8,11-19H2,1H3,(H,21,22);/q;;+2/p-2/b2*10-9-;. The monoisotopic (exact) mass is 682 g/mol. The molecule has 0 spiro atoms. The van der Waals surface area contributed by atoms with Crippen LogP contribution in [0.15, 0.2) is 24.3 Å². The van der Waals surface area contributed by atoms with E-state index in [1.807, 2.05) is 0 Å². The second-order valence-electron chi connectivity index (χ2n) is 12.8. The fraction of sp³-hybridized carbons (Fsp3) is 0.850. The van der Waals surface area contributed by atoms with Crippen molar-refractivity contribution in [1.29, 1.82) is 0 Å². The molecule has 0 amide bonds. The third-order valence-electron chi connectivity index (χ3n) is 8.29. The molecule has 5 heteroatoms. The van der Waals surface area contributed by atoms with Crippen molar-refractivity contribution in [2.45, 2.75) is 219 Å². The van der Waals surface area contributed by atoms with Crippen LogP contribution in [0.2, 0.25) is 0 Å². The van der Waals surface area contributed by atoms with Gasteiger partial charge in [0.25, 0.3) is 0 Å². The Bertz CT molecular complexity index is 578. The Hall–Kier alpha value is -0.957. The van der Waals surface area contributed by atoms with Crippen molar-refractivity contribution < 1.29 is 39.3 Å². The topological polar surface area (TPSA) is 80.3 Å². The average Bonchev–Trinajstić information content (AvgIpc) is 3.00. The second kappa shape index (κ2) is 45.2. The zero-order valence-corrected chi connectivity index (χ0v) is 33.2. The van der Waals surface area contributed by atoms with E-state index in [1.165, 1.54) is 167 Å². The van der Waals surface area contributed by atoms with Crippen LogP contribution in [0, 0.1) is 0 Å². The minimum atomic E-state index is -0.909. The molecule has 0 aliphatic rings. The number of aliphatic carboxylic acids is 2. The summed E-state index contributed by atoms with van der Waals surface area (Å²) >= 11 is 0. The van der Waals surface area contributed by atoms with Crippen LogP contribution in [-0.4, -0.2) is 11.9 Å². The smallest absolute Gasteiger partial charge is 0.550 e.